The summed E-state index contributed by atoms with van der Waals surface area (Å²) in [5, 5.41) is 5.50. The number of nitrogens with two attached hydrogens (primary N) is 1. The largest absolute Gasteiger partial charge is 0.399 e. The Kier molecular flexibility index (Phi) is 5.75. The van der Waals surface area contributed by atoms with Crippen molar-refractivity contribution in [3.63, 3.8) is 0 Å². The van der Waals surface area contributed by atoms with E-state index in [1.807, 2.05) is 0 Å². The second-order valence-electron chi connectivity index (χ2n) is 7.08. The third-order valence-electron chi connectivity index (χ3n) is 4.59. The highest BCUT2D eigenvalue weighted by atomic mass is 32.2. The van der Waals surface area contributed by atoms with Gasteiger partial charge in [-0.2, -0.15) is 4.98 Å². The molecule has 0 aliphatic rings. The molecule has 12 heteroatoms. The third-order valence-corrected chi connectivity index (χ3v) is 6.38. The van der Waals surface area contributed by atoms with Crippen molar-refractivity contribution in [2.24, 2.45) is 0 Å². The van der Waals surface area contributed by atoms with Crippen LogP contribution in [0.3, 0.4) is 0 Å². The minimum Gasteiger partial charge on any atom is -0.399 e. The average molecular weight is 465 g/mol. The molecule has 0 aliphatic heterocycles. The van der Waals surface area contributed by atoms with Crippen LogP contribution >= 0.6 is 0 Å². The molecule has 0 saturated heterocycles. The molecule has 2 aromatic carbocycles. The standard InChI is InChI=1S/C21H19N7O4S/c1-12(29)25-21-27-19-18(20(30)28-21)26-15(11-24-19)10-23-14-4-8-17(9-5-14)33(31,32)16-6-2-13(22)3-7-16/h2-9,11,23H,10,22H2,1H3,(H2,24,25,27,28,29,30). The molecule has 0 atom stereocenters. The van der Waals surface area contributed by atoms with Gasteiger partial charge in [0.1, 0.15) is 0 Å². The number of carbonyl (C=O) groups is 1. The predicted molar refractivity (Wildman–Crippen MR) is 122 cm³/mol. The van der Waals surface area contributed by atoms with Crippen molar-refractivity contribution in [3.05, 3.63) is 70.8 Å². The summed E-state index contributed by atoms with van der Waals surface area (Å²) in [6.07, 6.45) is 1.46. The van der Waals surface area contributed by atoms with Gasteiger partial charge in [0.05, 0.1) is 28.2 Å². The van der Waals surface area contributed by atoms with Gasteiger partial charge in [-0.3, -0.25) is 19.9 Å². The van der Waals surface area contributed by atoms with E-state index in [2.05, 4.69) is 30.6 Å². The van der Waals surface area contributed by atoms with Gasteiger partial charge < -0.3 is 11.1 Å². The van der Waals surface area contributed by atoms with Gasteiger partial charge in [0, 0.05) is 18.3 Å². The quantitative estimate of drug-likeness (QED) is 0.309. The number of benzene rings is 2. The molecule has 2 heterocycles. The number of anilines is 3. The summed E-state index contributed by atoms with van der Waals surface area (Å²) in [4.78, 5) is 38.6. The van der Waals surface area contributed by atoms with E-state index in [-0.39, 0.29) is 39.4 Å². The maximum Gasteiger partial charge on any atom is 0.280 e. The van der Waals surface area contributed by atoms with Crippen molar-refractivity contribution in [3.8, 4) is 0 Å². The lowest BCUT2D eigenvalue weighted by Gasteiger charge is -2.09. The first-order valence-electron chi connectivity index (χ1n) is 9.70. The highest BCUT2D eigenvalue weighted by Gasteiger charge is 2.17. The molecule has 0 saturated carbocycles. The average Bonchev–Trinajstić information content (AvgIpc) is 2.78. The first-order valence-corrected chi connectivity index (χ1v) is 11.2. The van der Waals surface area contributed by atoms with E-state index in [4.69, 9.17) is 5.73 Å². The summed E-state index contributed by atoms with van der Waals surface area (Å²) in [6.45, 7) is 1.53. The van der Waals surface area contributed by atoms with E-state index < -0.39 is 15.4 Å². The Balaban J connectivity index is 1.49. The van der Waals surface area contributed by atoms with Crippen molar-refractivity contribution < 1.29 is 13.2 Å². The number of aromatic nitrogens is 4. The molecule has 0 unspecified atom stereocenters. The number of rotatable bonds is 6. The van der Waals surface area contributed by atoms with Gasteiger partial charge in [0.2, 0.25) is 21.7 Å². The fourth-order valence-electron chi connectivity index (χ4n) is 2.99. The molecule has 0 spiro atoms. The Bertz CT molecular complexity index is 1500. The Morgan fingerprint density at radius 3 is 2.30 bits per heavy atom. The zero-order valence-corrected chi connectivity index (χ0v) is 18.2. The molecule has 11 nitrogen and oxygen atoms in total. The third kappa shape index (κ3) is 4.80. The Morgan fingerprint density at radius 1 is 1.03 bits per heavy atom. The minimum absolute atomic E-state index is 0.00538. The molecule has 0 aliphatic carbocycles. The van der Waals surface area contributed by atoms with E-state index in [1.54, 1.807) is 12.1 Å². The van der Waals surface area contributed by atoms with Crippen LogP contribution in [0.25, 0.3) is 11.2 Å². The van der Waals surface area contributed by atoms with Crippen molar-refractivity contribution in [2.45, 2.75) is 23.3 Å². The van der Waals surface area contributed by atoms with Crippen LogP contribution in [0, 0.1) is 0 Å². The van der Waals surface area contributed by atoms with Gasteiger partial charge in [0.25, 0.3) is 5.56 Å². The molecule has 168 valence electrons. The minimum atomic E-state index is -3.66. The monoisotopic (exact) mass is 465 g/mol. The van der Waals surface area contributed by atoms with Crippen molar-refractivity contribution in [1.82, 2.24) is 19.9 Å². The van der Waals surface area contributed by atoms with Crippen LogP contribution in [0.5, 0.6) is 0 Å². The molecule has 4 rings (SSSR count). The number of nitrogen functional groups attached to an aromatic ring is 1. The van der Waals surface area contributed by atoms with Crippen LogP contribution in [-0.4, -0.2) is 34.3 Å². The first-order chi connectivity index (χ1) is 15.7. The molecule has 4 aromatic rings. The summed E-state index contributed by atoms with van der Waals surface area (Å²) < 4.78 is 25.5. The summed E-state index contributed by atoms with van der Waals surface area (Å²) in [7, 11) is -3.66. The van der Waals surface area contributed by atoms with Gasteiger partial charge in [-0.1, -0.05) is 0 Å². The second kappa shape index (κ2) is 8.67. The van der Waals surface area contributed by atoms with Gasteiger partial charge in [-0.15, -0.1) is 0 Å². The van der Waals surface area contributed by atoms with Crippen molar-refractivity contribution in [2.75, 3.05) is 16.4 Å². The second-order valence-corrected chi connectivity index (χ2v) is 9.03. The molecule has 33 heavy (non-hydrogen) atoms. The lowest BCUT2D eigenvalue weighted by Crippen LogP contribution is -2.18. The highest BCUT2D eigenvalue weighted by Crippen LogP contribution is 2.23. The maximum atomic E-state index is 12.7. The number of carbonyl (C=O) groups excluding carboxylic acids is 1. The molecule has 0 bridgehead atoms. The number of sulfone groups is 1. The summed E-state index contributed by atoms with van der Waals surface area (Å²) in [5.41, 5.74) is 6.84. The molecule has 2 aromatic heterocycles. The van der Waals surface area contributed by atoms with E-state index in [0.29, 0.717) is 17.1 Å². The van der Waals surface area contributed by atoms with Gasteiger partial charge in [-0.05, 0) is 48.5 Å². The van der Waals surface area contributed by atoms with Crippen LogP contribution in [0.15, 0.2) is 69.3 Å². The summed E-state index contributed by atoms with van der Waals surface area (Å²) >= 11 is 0. The number of amides is 1. The normalized spacial score (nSPS) is 11.3. The number of nitrogens with zero attached hydrogens (tertiary/aromatic N) is 3. The summed E-state index contributed by atoms with van der Waals surface area (Å²) in [6, 6.07) is 12.3. The fourth-order valence-corrected chi connectivity index (χ4v) is 4.25. The van der Waals surface area contributed by atoms with Crippen LogP contribution < -0.4 is 21.9 Å². The Morgan fingerprint density at radius 2 is 1.67 bits per heavy atom. The Labute approximate surface area is 188 Å². The van der Waals surface area contributed by atoms with Crippen molar-refractivity contribution in [1.29, 1.82) is 0 Å². The Hall–Kier alpha value is -4.32. The lowest BCUT2D eigenvalue weighted by atomic mass is 10.3. The van der Waals surface area contributed by atoms with E-state index in [0.717, 1.165) is 0 Å². The zero-order valence-electron chi connectivity index (χ0n) is 17.4. The van der Waals surface area contributed by atoms with Crippen LogP contribution in [0.4, 0.5) is 17.3 Å². The van der Waals surface area contributed by atoms with E-state index in [1.165, 1.54) is 49.5 Å². The van der Waals surface area contributed by atoms with Gasteiger partial charge >= 0.3 is 0 Å². The number of nitrogens with one attached hydrogen (secondary N) is 3. The SMILES string of the molecule is CC(=O)Nc1nc2ncc(CNc3ccc(S(=O)(=O)c4ccc(N)cc4)cc3)nc2c(=O)[nH]1. The van der Waals surface area contributed by atoms with Crippen molar-refractivity contribution >= 4 is 44.2 Å². The topological polar surface area (TPSA) is 173 Å². The molecular weight excluding hydrogens is 446 g/mol. The van der Waals surface area contributed by atoms with Crippen LogP contribution in [0.1, 0.15) is 12.6 Å². The summed E-state index contributed by atoms with van der Waals surface area (Å²) in [5.74, 6) is -0.382. The number of fused-ring (bicyclic) bond motifs is 1. The van der Waals surface area contributed by atoms with E-state index in [9.17, 15) is 18.0 Å². The molecule has 0 radical (unpaired) electrons. The highest BCUT2D eigenvalue weighted by molar-refractivity contribution is 7.91. The fraction of sp³-hybridized carbons (Fsp3) is 0.0952. The zero-order chi connectivity index (χ0) is 23.6. The number of hydrogen-bond acceptors (Lipinski definition) is 9. The first kappa shape index (κ1) is 21.9. The molecule has 0 fully saturated rings. The van der Waals surface area contributed by atoms with E-state index >= 15 is 0 Å². The number of H-pyrrole nitrogens is 1. The lowest BCUT2D eigenvalue weighted by molar-refractivity contribution is -0.114. The van der Waals surface area contributed by atoms with Crippen LogP contribution in [-0.2, 0) is 21.2 Å². The van der Waals surface area contributed by atoms with Gasteiger partial charge in [0.15, 0.2) is 11.2 Å². The maximum absolute atomic E-state index is 12.7. The predicted octanol–water partition coefficient (Wildman–Crippen LogP) is 1.70. The number of aromatic amines is 1. The van der Waals surface area contributed by atoms with Gasteiger partial charge in [-0.25, -0.2) is 18.4 Å². The molecule has 5 N–H and O–H groups in total. The van der Waals surface area contributed by atoms with Crippen LogP contribution in [0.2, 0.25) is 0 Å². The molecular formula is C21H19N7O4S. The number of hydrogen-bond donors (Lipinski definition) is 4. The smallest absolute Gasteiger partial charge is 0.280 e. The molecule has 1 amide bonds.